The van der Waals surface area contributed by atoms with Gasteiger partial charge >= 0.3 is 0 Å². The number of anilines is 1. The number of rotatable bonds is 2. The summed E-state index contributed by atoms with van der Waals surface area (Å²) in [5, 5.41) is 9.95. The molecule has 0 amide bonds. The molecule has 1 aromatic carbocycles. The molecule has 0 radical (unpaired) electrons. The maximum absolute atomic E-state index is 9.95. The van der Waals surface area contributed by atoms with Gasteiger partial charge in [-0.05, 0) is 43.5 Å². The van der Waals surface area contributed by atoms with Crippen molar-refractivity contribution < 1.29 is 5.11 Å². The van der Waals surface area contributed by atoms with Crippen LogP contribution in [0.3, 0.4) is 0 Å². The molecule has 0 saturated carbocycles. The zero-order valence-electron chi connectivity index (χ0n) is 10.1. The molecule has 0 aliphatic carbocycles. The van der Waals surface area contributed by atoms with Crippen molar-refractivity contribution in [2.24, 2.45) is 5.73 Å². The standard InChI is InChI=1S/C13H19BrN2O/c1-13(17)4-6-16(7-5-13)12-3-2-11(14)8-10(12)9-15/h2-3,8,17H,4-7,9,15H2,1H3. The first-order valence-electron chi connectivity index (χ1n) is 5.98. The summed E-state index contributed by atoms with van der Waals surface area (Å²) in [6.45, 7) is 4.24. The largest absolute Gasteiger partial charge is 0.390 e. The first-order chi connectivity index (χ1) is 8.02. The molecule has 1 heterocycles. The summed E-state index contributed by atoms with van der Waals surface area (Å²) in [6, 6.07) is 6.22. The van der Waals surface area contributed by atoms with Gasteiger partial charge in [-0.3, -0.25) is 0 Å². The molecule has 1 saturated heterocycles. The molecule has 0 spiro atoms. The molecule has 94 valence electrons. The summed E-state index contributed by atoms with van der Waals surface area (Å²) in [5.74, 6) is 0. The van der Waals surface area contributed by atoms with Gasteiger partial charge < -0.3 is 15.7 Å². The van der Waals surface area contributed by atoms with E-state index in [4.69, 9.17) is 5.73 Å². The Morgan fingerprint density at radius 3 is 2.65 bits per heavy atom. The second kappa shape index (κ2) is 4.96. The maximum atomic E-state index is 9.95. The highest BCUT2D eigenvalue weighted by Crippen LogP contribution is 2.29. The first-order valence-corrected chi connectivity index (χ1v) is 6.77. The Bertz CT molecular complexity index is 396. The van der Waals surface area contributed by atoms with E-state index in [0.717, 1.165) is 36.0 Å². The van der Waals surface area contributed by atoms with E-state index >= 15 is 0 Å². The minimum absolute atomic E-state index is 0.505. The van der Waals surface area contributed by atoms with Crippen molar-refractivity contribution in [3.05, 3.63) is 28.2 Å². The van der Waals surface area contributed by atoms with Gasteiger partial charge in [0.25, 0.3) is 0 Å². The predicted octanol–water partition coefficient (Wildman–Crippen LogP) is 2.26. The van der Waals surface area contributed by atoms with Crippen molar-refractivity contribution in [2.45, 2.75) is 31.9 Å². The number of benzene rings is 1. The highest BCUT2D eigenvalue weighted by atomic mass is 79.9. The fourth-order valence-electron chi connectivity index (χ4n) is 2.26. The lowest BCUT2D eigenvalue weighted by Crippen LogP contribution is -2.42. The Labute approximate surface area is 111 Å². The minimum Gasteiger partial charge on any atom is -0.390 e. The second-order valence-corrected chi connectivity index (χ2v) is 5.88. The molecule has 0 aromatic heterocycles. The fourth-order valence-corrected chi connectivity index (χ4v) is 2.66. The van der Waals surface area contributed by atoms with Crippen molar-refractivity contribution in [1.29, 1.82) is 0 Å². The van der Waals surface area contributed by atoms with Crippen LogP contribution in [0.1, 0.15) is 25.3 Å². The van der Waals surface area contributed by atoms with E-state index in [-0.39, 0.29) is 0 Å². The van der Waals surface area contributed by atoms with E-state index in [1.54, 1.807) is 0 Å². The van der Waals surface area contributed by atoms with Gasteiger partial charge in [-0.25, -0.2) is 0 Å². The third-order valence-electron chi connectivity index (χ3n) is 3.44. The molecular weight excluding hydrogens is 280 g/mol. The van der Waals surface area contributed by atoms with Crippen LogP contribution in [-0.4, -0.2) is 23.8 Å². The van der Waals surface area contributed by atoms with E-state index in [0.29, 0.717) is 6.54 Å². The lowest BCUT2D eigenvalue weighted by molar-refractivity contribution is 0.0351. The molecular formula is C13H19BrN2O. The minimum atomic E-state index is -0.505. The van der Waals surface area contributed by atoms with Crippen LogP contribution in [0.5, 0.6) is 0 Å². The number of hydrogen-bond donors (Lipinski definition) is 2. The van der Waals surface area contributed by atoms with Gasteiger partial charge in [0.1, 0.15) is 0 Å². The van der Waals surface area contributed by atoms with Gasteiger partial charge in [-0.2, -0.15) is 0 Å². The van der Waals surface area contributed by atoms with Crippen LogP contribution in [-0.2, 0) is 6.54 Å². The Hall–Kier alpha value is -0.580. The lowest BCUT2D eigenvalue weighted by Gasteiger charge is -2.38. The van der Waals surface area contributed by atoms with E-state index in [1.165, 1.54) is 5.69 Å². The van der Waals surface area contributed by atoms with E-state index in [9.17, 15) is 5.11 Å². The SMILES string of the molecule is CC1(O)CCN(c2ccc(Br)cc2CN)CC1. The molecule has 1 aromatic rings. The molecule has 0 atom stereocenters. The van der Waals surface area contributed by atoms with Crippen LogP contribution in [0.2, 0.25) is 0 Å². The maximum Gasteiger partial charge on any atom is 0.0653 e. The molecule has 0 bridgehead atoms. The van der Waals surface area contributed by atoms with E-state index in [1.807, 2.05) is 13.0 Å². The molecule has 2 rings (SSSR count). The number of nitrogens with two attached hydrogens (primary N) is 1. The molecule has 4 heteroatoms. The van der Waals surface area contributed by atoms with Crippen LogP contribution in [0.25, 0.3) is 0 Å². The highest BCUT2D eigenvalue weighted by Gasteiger charge is 2.27. The summed E-state index contributed by atoms with van der Waals surface area (Å²) in [4.78, 5) is 2.31. The Balaban J connectivity index is 2.18. The van der Waals surface area contributed by atoms with Crippen LogP contribution in [0.4, 0.5) is 5.69 Å². The molecule has 1 fully saturated rings. The highest BCUT2D eigenvalue weighted by molar-refractivity contribution is 9.10. The topological polar surface area (TPSA) is 49.5 Å². The van der Waals surface area contributed by atoms with Crippen molar-refractivity contribution >= 4 is 21.6 Å². The van der Waals surface area contributed by atoms with E-state index < -0.39 is 5.60 Å². The lowest BCUT2D eigenvalue weighted by atomic mass is 9.93. The van der Waals surface area contributed by atoms with Crippen LogP contribution < -0.4 is 10.6 Å². The zero-order valence-corrected chi connectivity index (χ0v) is 11.7. The van der Waals surface area contributed by atoms with Crippen LogP contribution in [0, 0.1) is 0 Å². The summed E-state index contributed by atoms with van der Waals surface area (Å²) in [5.41, 5.74) is 7.63. The summed E-state index contributed by atoms with van der Waals surface area (Å²) >= 11 is 3.47. The Morgan fingerprint density at radius 1 is 1.41 bits per heavy atom. The van der Waals surface area contributed by atoms with Gasteiger partial charge in [-0.15, -0.1) is 0 Å². The van der Waals surface area contributed by atoms with E-state index in [2.05, 4.69) is 33.0 Å². The van der Waals surface area contributed by atoms with Gasteiger partial charge in [0, 0.05) is 29.8 Å². The van der Waals surface area contributed by atoms with Gasteiger partial charge in [0.2, 0.25) is 0 Å². The predicted molar refractivity (Wildman–Crippen MR) is 74.1 cm³/mol. The molecule has 3 N–H and O–H groups in total. The summed E-state index contributed by atoms with van der Waals surface area (Å²) in [7, 11) is 0. The number of hydrogen-bond acceptors (Lipinski definition) is 3. The smallest absolute Gasteiger partial charge is 0.0653 e. The molecule has 3 nitrogen and oxygen atoms in total. The van der Waals surface area contributed by atoms with Gasteiger partial charge in [0.05, 0.1) is 5.60 Å². The number of aliphatic hydroxyl groups is 1. The van der Waals surface area contributed by atoms with Crippen molar-refractivity contribution in [2.75, 3.05) is 18.0 Å². The summed E-state index contributed by atoms with van der Waals surface area (Å²) < 4.78 is 1.06. The Kier molecular flexibility index (Phi) is 3.76. The quantitative estimate of drug-likeness (QED) is 0.880. The number of piperidine rings is 1. The fraction of sp³-hybridized carbons (Fsp3) is 0.538. The van der Waals surface area contributed by atoms with Crippen molar-refractivity contribution in [1.82, 2.24) is 0 Å². The zero-order chi connectivity index (χ0) is 12.5. The average molecular weight is 299 g/mol. The van der Waals surface area contributed by atoms with Gasteiger partial charge in [-0.1, -0.05) is 15.9 Å². The normalized spacial score (nSPS) is 19.4. The third-order valence-corrected chi connectivity index (χ3v) is 3.94. The summed E-state index contributed by atoms with van der Waals surface area (Å²) in [6.07, 6.45) is 1.63. The van der Waals surface area contributed by atoms with Gasteiger partial charge in [0.15, 0.2) is 0 Å². The molecule has 0 unspecified atom stereocenters. The van der Waals surface area contributed by atoms with Crippen LogP contribution in [0.15, 0.2) is 22.7 Å². The molecule has 1 aliphatic rings. The first kappa shape index (κ1) is 12.9. The number of nitrogens with zero attached hydrogens (tertiary/aromatic N) is 1. The number of halogens is 1. The molecule has 17 heavy (non-hydrogen) atoms. The third kappa shape index (κ3) is 3.00. The van der Waals surface area contributed by atoms with Crippen molar-refractivity contribution in [3.63, 3.8) is 0 Å². The average Bonchev–Trinajstić information content (AvgIpc) is 2.29. The second-order valence-electron chi connectivity index (χ2n) is 4.96. The molecule has 1 aliphatic heterocycles. The van der Waals surface area contributed by atoms with Crippen molar-refractivity contribution in [3.8, 4) is 0 Å². The Morgan fingerprint density at radius 2 is 2.06 bits per heavy atom. The monoisotopic (exact) mass is 298 g/mol. The van der Waals surface area contributed by atoms with Crippen LogP contribution >= 0.6 is 15.9 Å².